The van der Waals surface area contributed by atoms with Crippen molar-refractivity contribution >= 4 is 49.4 Å². The molecule has 0 N–H and O–H groups in total. The average molecular weight is 358 g/mol. The third-order valence-electron chi connectivity index (χ3n) is 1.97. The monoisotopic (exact) mass is 357 g/mol. The van der Waals surface area contributed by atoms with Crippen LogP contribution >= 0.6 is 38.5 Å². The second-order valence-corrected chi connectivity index (χ2v) is 4.79. The molecule has 0 unspecified atom stereocenters. The van der Waals surface area contributed by atoms with Crippen LogP contribution in [0.15, 0.2) is 22.7 Å². The van der Waals surface area contributed by atoms with Gasteiger partial charge in [-0.3, -0.25) is 0 Å². The molecule has 0 saturated heterocycles. The fourth-order valence-corrected chi connectivity index (χ4v) is 2.25. The van der Waals surface area contributed by atoms with Gasteiger partial charge in [-0.2, -0.15) is 0 Å². The van der Waals surface area contributed by atoms with E-state index in [1.54, 1.807) is 6.07 Å². The minimum Gasteiger partial charge on any atom is -0.242 e. The highest BCUT2D eigenvalue weighted by Gasteiger charge is 2.06. The van der Waals surface area contributed by atoms with E-state index in [-0.39, 0.29) is 0 Å². The number of nitrogens with zero attached hydrogens (tertiary/aromatic N) is 1. The summed E-state index contributed by atoms with van der Waals surface area (Å²) in [5.74, 6) is 0. The van der Waals surface area contributed by atoms with Gasteiger partial charge in [-0.25, -0.2) is 4.98 Å². The van der Waals surface area contributed by atoms with E-state index in [2.05, 4.69) is 43.5 Å². The molecule has 2 rings (SSSR count). The molecule has 0 aliphatic heterocycles. The van der Waals surface area contributed by atoms with E-state index >= 15 is 0 Å². The lowest BCUT2D eigenvalue weighted by molar-refractivity contribution is 1.33. The number of benzene rings is 1. The maximum Gasteiger partial charge on any atom is 0.102 e. The zero-order chi connectivity index (χ0) is 10.3. The van der Waals surface area contributed by atoms with Crippen LogP contribution in [0.25, 0.3) is 10.9 Å². The first kappa shape index (κ1) is 10.4. The Morgan fingerprint density at radius 3 is 2.71 bits per heavy atom. The first-order valence-electron chi connectivity index (χ1n) is 3.89. The largest absolute Gasteiger partial charge is 0.242 e. The molecule has 0 saturated carbocycles. The first-order chi connectivity index (χ1) is 6.59. The van der Waals surface area contributed by atoms with Gasteiger partial charge in [-0.05, 0) is 74.8 Å². The molecule has 0 aliphatic carbocycles. The smallest absolute Gasteiger partial charge is 0.102 e. The van der Waals surface area contributed by atoms with Crippen LogP contribution in [0.2, 0.25) is 0 Å². The Morgan fingerprint density at radius 1 is 1.29 bits per heavy atom. The zero-order valence-electron chi connectivity index (χ0n) is 7.09. The molecule has 68 valence electrons. The molecule has 14 heavy (non-hydrogen) atoms. The van der Waals surface area contributed by atoms with E-state index in [0.29, 0.717) is 11.1 Å². The number of halogens is 2. The predicted octanol–water partition coefficient (Wildman–Crippen LogP) is 3.72. The summed E-state index contributed by atoms with van der Waals surface area (Å²) >= 11 is 5.57. The summed E-state index contributed by atoms with van der Waals surface area (Å²) in [6.45, 7) is 11.5. The molecular formula is C11H5BrIN. The minimum absolute atomic E-state index is 0.555. The van der Waals surface area contributed by atoms with Crippen LogP contribution in [-0.2, 0) is 0 Å². The third-order valence-corrected chi connectivity index (χ3v) is 3.42. The summed E-state index contributed by atoms with van der Waals surface area (Å²) in [6, 6.07) is 5.70. The molecule has 0 atom stereocenters. The number of pyridine rings is 1. The van der Waals surface area contributed by atoms with Crippen LogP contribution in [0.5, 0.6) is 0 Å². The molecule has 3 heteroatoms. The summed E-state index contributed by atoms with van der Waals surface area (Å²) in [5, 5.41) is 0.983. The van der Waals surface area contributed by atoms with Gasteiger partial charge in [0.1, 0.15) is 3.70 Å². The van der Waals surface area contributed by atoms with E-state index in [9.17, 15) is 0 Å². The summed E-state index contributed by atoms with van der Waals surface area (Å²) in [6.07, 6.45) is 0. The fraction of sp³-hybridized carbons (Fsp3) is 0. The fourth-order valence-electron chi connectivity index (χ4n) is 1.24. The topological polar surface area (TPSA) is 12.9 Å². The van der Waals surface area contributed by atoms with Gasteiger partial charge in [-0.15, -0.1) is 0 Å². The standard InChI is InChI=1S/C11H5BrIN/c1-6-5-9-8(11(12)7(6)2)3-4-10(13)14-9/h1-5H. The normalized spacial score (nSPS) is 10.9. The van der Waals surface area contributed by atoms with Crippen LogP contribution in [0.4, 0.5) is 0 Å². The van der Waals surface area contributed by atoms with Crippen LogP contribution in [0, 0.1) is 17.5 Å². The zero-order valence-corrected chi connectivity index (χ0v) is 10.8. The van der Waals surface area contributed by atoms with Crippen LogP contribution < -0.4 is 0 Å². The van der Waals surface area contributed by atoms with E-state index < -0.39 is 0 Å². The van der Waals surface area contributed by atoms with E-state index in [1.807, 2.05) is 12.1 Å². The number of hydrogen-bond donors (Lipinski definition) is 0. The molecule has 0 amide bonds. The summed E-state index contributed by atoms with van der Waals surface area (Å²) in [5.41, 5.74) is 1.98. The highest BCUT2D eigenvalue weighted by Crippen LogP contribution is 2.29. The number of aromatic nitrogens is 1. The van der Waals surface area contributed by atoms with Crippen molar-refractivity contribution in [2.24, 2.45) is 0 Å². The van der Waals surface area contributed by atoms with Gasteiger partial charge in [0.25, 0.3) is 0 Å². The van der Waals surface area contributed by atoms with E-state index in [4.69, 9.17) is 13.8 Å². The Labute approximate surface area is 105 Å². The Kier molecular flexibility index (Phi) is 2.79. The Hall–Kier alpha value is -0.160. The summed E-state index contributed by atoms with van der Waals surface area (Å²) in [4.78, 5) is 4.36. The predicted molar refractivity (Wildman–Crippen MR) is 69.0 cm³/mol. The lowest BCUT2D eigenvalue weighted by Crippen LogP contribution is -1.89. The van der Waals surface area contributed by atoms with Crippen molar-refractivity contribution in [2.45, 2.75) is 0 Å². The van der Waals surface area contributed by atoms with E-state index in [0.717, 1.165) is 19.1 Å². The summed E-state index contributed by atoms with van der Waals surface area (Å²) < 4.78 is 1.75. The highest BCUT2D eigenvalue weighted by molar-refractivity contribution is 14.1. The van der Waals surface area contributed by atoms with Gasteiger partial charge >= 0.3 is 0 Å². The molecule has 4 radical (unpaired) electrons. The van der Waals surface area contributed by atoms with Gasteiger partial charge in [-0.1, -0.05) is 0 Å². The van der Waals surface area contributed by atoms with Crippen molar-refractivity contribution in [3.63, 3.8) is 0 Å². The molecule has 2 aromatic rings. The number of hydrogen-bond acceptors (Lipinski definition) is 1. The molecule has 0 spiro atoms. The second kappa shape index (κ2) is 3.77. The quantitative estimate of drug-likeness (QED) is 0.517. The summed E-state index contributed by atoms with van der Waals surface area (Å²) in [7, 11) is 0. The van der Waals surface area contributed by atoms with Gasteiger partial charge in [0.2, 0.25) is 0 Å². The van der Waals surface area contributed by atoms with Crippen molar-refractivity contribution in [2.75, 3.05) is 0 Å². The molecule has 1 aromatic carbocycles. The third kappa shape index (κ3) is 1.67. The van der Waals surface area contributed by atoms with Crippen LogP contribution in [0.3, 0.4) is 0 Å². The maximum atomic E-state index is 5.78. The maximum absolute atomic E-state index is 5.78. The molecule has 1 aromatic heterocycles. The SMILES string of the molecule is [CH]c1cc2nc(I)ccc2c(Br)c1[CH]. The van der Waals surface area contributed by atoms with Crippen molar-refractivity contribution in [1.82, 2.24) is 4.98 Å². The Morgan fingerprint density at radius 2 is 2.00 bits per heavy atom. The molecule has 0 aliphatic rings. The van der Waals surface area contributed by atoms with Crippen molar-refractivity contribution < 1.29 is 0 Å². The van der Waals surface area contributed by atoms with Crippen LogP contribution in [-0.4, -0.2) is 4.98 Å². The molecule has 0 bridgehead atoms. The lowest BCUT2D eigenvalue weighted by atomic mass is 10.1. The number of fused-ring (bicyclic) bond motifs is 1. The van der Waals surface area contributed by atoms with Gasteiger partial charge in [0.15, 0.2) is 0 Å². The van der Waals surface area contributed by atoms with Gasteiger partial charge in [0.05, 0.1) is 5.52 Å². The Bertz CT molecular complexity index is 508. The first-order valence-corrected chi connectivity index (χ1v) is 5.76. The Balaban J connectivity index is 2.91. The molecular weight excluding hydrogens is 353 g/mol. The number of rotatable bonds is 0. The van der Waals surface area contributed by atoms with Crippen molar-refractivity contribution in [3.8, 4) is 0 Å². The molecule has 0 fully saturated rings. The minimum atomic E-state index is 0.555. The van der Waals surface area contributed by atoms with Crippen LogP contribution in [0.1, 0.15) is 11.1 Å². The average Bonchev–Trinajstić information content (AvgIpc) is 2.14. The highest BCUT2D eigenvalue weighted by atomic mass is 127. The van der Waals surface area contributed by atoms with Crippen molar-refractivity contribution in [1.29, 1.82) is 0 Å². The van der Waals surface area contributed by atoms with E-state index in [1.165, 1.54) is 0 Å². The van der Waals surface area contributed by atoms with Gasteiger partial charge < -0.3 is 0 Å². The molecule has 1 nitrogen and oxygen atoms in total. The second-order valence-electron chi connectivity index (χ2n) is 2.89. The van der Waals surface area contributed by atoms with Crippen molar-refractivity contribution in [3.05, 3.63) is 51.3 Å². The lowest BCUT2D eigenvalue weighted by Gasteiger charge is -2.06. The molecule has 1 heterocycles. The van der Waals surface area contributed by atoms with Gasteiger partial charge in [0, 0.05) is 16.8 Å².